The smallest absolute Gasteiger partial charge is 0.0331 e. The van der Waals surface area contributed by atoms with Crippen LogP contribution in [0.25, 0.3) is 0 Å². The predicted molar refractivity (Wildman–Crippen MR) is 92.0 cm³/mol. The van der Waals surface area contributed by atoms with E-state index in [1.54, 1.807) is 0 Å². The molecule has 0 saturated carbocycles. The number of hydrogen-bond acceptors (Lipinski definition) is 1. The molecule has 1 atom stereocenters. The minimum absolute atomic E-state index is 0.483. The molecule has 0 fully saturated rings. The molecule has 3 heteroatoms. The zero-order chi connectivity index (χ0) is 13.5. The summed E-state index contributed by atoms with van der Waals surface area (Å²) in [5, 5.41) is 3.68. The molecule has 0 aliphatic heterocycles. The van der Waals surface area contributed by atoms with Gasteiger partial charge in [0.25, 0.3) is 0 Å². The Morgan fingerprint density at radius 3 is 2.61 bits per heavy atom. The van der Waals surface area contributed by atoms with Gasteiger partial charge in [-0.05, 0) is 78.1 Å². The van der Waals surface area contributed by atoms with Crippen molar-refractivity contribution < 1.29 is 0 Å². The molecule has 0 saturated heterocycles. The van der Waals surface area contributed by atoms with Gasteiger partial charge in [0.15, 0.2) is 0 Å². The number of benzene rings is 1. The summed E-state index contributed by atoms with van der Waals surface area (Å²) in [7, 11) is 0. The zero-order valence-electron chi connectivity index (χ0n) is 11.5. The molecule has 1 unspecified atom stereocenters. The highest BCUT2D eigenvalue weighted by atomic mass is 127. The Balaban J connectivity index is 2.82. The second-order valence-corrected chi connectivity index (χ2v) is 7.22. The monoisotopic (exact) mass is 423 g/mol. The Labute approximate surface area is 133 Å². The molecule has 1 aromatic carbocycles. The lowest BCUT2D eigenvalue weighted by Gasteiger charge is -2.21. The topological polar surface area (TPSA) is 12.0 Å². The van der Waals surface area contributed by atoms with Crippen molar-refractivity contribution in [2.45, 2.75) is 46.1 Å². The molecular weight excluding hydrogens is 401 g/mol. The van der Waals surface area contributed by atoms with Crippen LogP contribution in [0.5, 0.6) is 0 Å². The van der Waals surface area contributed by atoms with Crippen LogP contribution in [0.1, 0.15) is 51.6 Å². The average molecular weight is 424 g/mol. The van der Waals surface area contributed by atoms with Gasteiger partial charge in [-0.2, -0.15) is 0 Å². The van der Waals surface area contributed by atoms with E-state index in [0.717, 1.165) is 12.5 Å². The summed E-state index contributed by atoms with van der Waals surface area (Å²) in [6.45, 7) is 7.90. The minimum atomic E-state index is 0.483. The van der Waals surface area contributed by atoms with E-state index in [0.29, 0.717) is 6.04 Å². The minimum Gasteiger partial charge on any atom is -0.310 e. The van der Waals surface area contributed by atoms with Crippen LogP contribution >= 0.6 is 38.5 Å². The van der Waals surface area contributed by atoms with Crippen LogP contribution in [0, 0.1) is 9.49 Å². The molecule has 0 heterocycles. The molecule has 1 N–H and O–H groups in total. The van der Waals surface area contributed by atoms with Crippen LogP contribution in [-0.2, 0) is 0 Å². The Hall–Kier alpha value is 0.390. The number of hydrogen-bond donors (Lipinski definition) is 1. The van der Waals surface area contributed by atoms with Gasteiger partial charge in [-0.15, -0.1) is 0 Å². The van der Waals surface area contributed by atoms with E-state index in [4.69, 9.17) is 0 Å². The molecule has 0 aliphatic rings. The fourth-order valence-electron chi connectivity index (χ4n) is 1.97. The van der Waals surface area contributed by atoms with Crippen molar-refractivity contribution >= 4 is 38.5 Å². The van der Waals surface area contributed by atoms with Crippen molar-refractivity contribution in [2.24, 2.45) is 5.92 Å². The molecule has 0 spiro atoms. The molecule has 0 aromatic heterocycles. The number of nitrogens with one attached hydrogen (secondary N) is 1. The Morgan fingerprint density at radius 2 is 2.00 bits per heavy atom. The maximum absolute atomic E-state index is 3.68. The number of halogens is 2. The zero-order valence-corrected chi connectivity index (χ0v) is 15.2. The van der Waals surface area contributed by atoms with Crippen LogP contribution in [0.2, 0.25) is 0 Å². The summed E-state index contributed by atoms with van der Waals surface area (Å²) in [4.78, 5) is 0. The van der Waals surface area contributed by atoms with Gasteiger partial charge in [0.1, 0.15) is 0 Å². The molecule has 0 bridgehead atoms. The van der Waals surface area contributed by atoms with Crippen LogP contribution in [-0.4, -0.2) is 6.54 Å². The van der Waals surface area contributed by atoms with Gasteiger partial charge in [-0.25, -0.2) is 0 Å². The summed E-state index contributed by atoms with van der Waals surface area (Å²) < 4.78 is 2.53. The average Bonchev–Trinajstić information content (AvgIpc) is 2.32. The van der Waals surface area contributed by atoms with Crippen molar-refractivity contribution in [1.82, 2.24) is 5.32 Å². The fraction of sp³-hybridized carbons (Fsp3) is 0.600. The van der Waals surface area contributed by atoms with Crippen molar-refractivity contribution in [3.8, 4) is 0 Å². The van der Waals surface area contributed by atoms with Gasteiger partial charge in [0, 0.05) is 14.1 Å². The quantitative estimate of drug-likeness (QED) is 0.568. The van der Waals surface area contributed by atoms with E-state index in [9.17, 15) is 0 Å². The second-order valence-electron chi connectivity index (χ2n) is 5.14. The third-order valence-electron chi connectivity index (χ3n) is 3.01. The molecule has 0 radical (unpaired) electrons. The first-order valence-electron chi connectivity index (χ1n) is 6.73. The lowest BCUT2D eigenvalue weighted by molar-refractivity contribution is 0.439. The van der Waals surface area contributed by atoms with Gasteiger partial charge >= 0.3 is 0 Å². The third-order valence-corrected chi connectivity index (χ3v) is 4.48. The van der Waals surface area contributed by atoms with Crippen molar-refractivity contribution in [2.75, 3.05) is 6.54 Å². The van der Waals surface area contributed by atoms with Gasteiger partial charge in [0.05, 0.1) is 0 Å². The molecule has 102 valence electrons. The standard InChI is InChI=1S/C15H23BrIN/c1-4-9-18-15(8-5-11(2)3)13-10-12(16)6-7-14(13)17/h6-7,10-11,15,18H,4-5,8-9H2,1-3H3. The Bertz CT molecular complexity index is 366. The van der Waals surface area contributed by atoms with Gasteiger partial charge < -0.3 is 5.32 Å². The molecule has 0 aliphatic carbocycles. The second kappa shape index (κ2) is 8.54. The summed E-state index contributed by atoms with van der Waals surface area (Å²) >= 11 is 6.02. The number of rotatable bonds is 7. The van der Waals surface area contributed by atoms with Gasteiger partial charge in [0.2, 0.25) is 0 Å². The normalized spacial score (nSPS) is 13.0. The Morgan fingerprint density at radius 1 is 1.28 bits per heavy atom. The van der Waals surface area contributed by atoms with Crippen molar-refractivity contribution in [3.63, 3.8) is 0 Å². The Kier molecular flexibility index (Phi) is 7.80. The first kappa shape index (κ1) is 16.4. The van der Waals surface area contributed by atoms with Crippen molar-refractivity contribution in [3.05, 3.63) is 31.8 Å². The van der Waals surface area contributed by atoms with Gasteiger partial charge in [-0.3, -0.25) is 0 Å². The summed E-state index contributed by atoms with van der Waals surface area (Å²) in [6.07, 6.45) is 3.66. The predicted octanol–water partition coefficient (Wildman–Crippen LogP) is 5.53. The van der Waals surface area contributed by atoms with Gasteiger partial charge in [-0.1, -0.05) is 36.7 Å². The molecule has 1 aromatic rings. The van der Waals surface area contributed by atoms with Crippen LogP contribution in [0.15, 0.2) is 22.7 Å². The molecule has 1 rings (SSSR count). The van der Waals surface area contributed by atoms with Crippen LogP contribution in [0.4, 0.5) is 0 Å². The van der Waals surface area contributed by atoms with E-state index in [1.807, 2.05) is 0 Å². The molecular formula is C15H23BrIN. The third kappa shape index (κ3) is 5.57. The van der Waals surface area contributed by atoms with Crippen molar-refractivity contribution in [1.29, 1.82) is 0 Å². The molecule has 0 amide bonds. The van der Waals surface area contributed by atoms with Crippen LogP contribution in [0.3, 0.4) is 0 Å². The SMILES string of the molecule is CCCNC(CCC(C)C)c1cc(Br)ccc1I. The molecule has 1 nitrogen and oxygen atoms in total. The van der Waals surface area contributed by atoms with E-state index in [-0.39, 0.29) is 0 Å². The highest BCUT2D eigenvalue weighted by molar-refractivity contribution is 14.1. The molecule has 18 heavy (non-hydrogen) atoms. The maximum Gasteiger partial charge on any atom is 0.0331 e. The first-order chi connectivity index (χ1) is 8.54. The van der Waals surface area contributed by atoms with Crippen LogP contribution < -0.4 is 5.32 Å². The van der Waals surface area contributed by atoms with E-state index in [1.165, 1.54) is 32.9 Å². The summed E-state index contributed by atoms with van der Waals surface area (Å²) in [5.74, 6) is 0.765. The summed E-state index contributed by atoms with van der Waals surface area (Å²) in [6, 6.07) is 7.05. The van der Waals surface area contributed by atoms with E-state index in [2.05, 4.69) is 82.8 Å². The van der Waals surface area contributed by atoms with E-state index < -0.39 is 0 Å². The fourth-order valence-corrected chi connectivity index (χ4v) is 3.06. The van der Waals surface area contributed by atoms with E-state index >= 15 is 0 Å². The summed E-state index contributed by atoms with van der Waals surface area (Å²) in [5.41, 5.74) is 1.43. The lowest BCUT2D eigenvalue weighted by Crippen LogP contribution is -2.23. The first-order valence-corrected chi connectivity index (χ1v) is 8.60. The highest BCUT2D eigenvalue weighted by Crippen LogP contribution is 2.28. The maximum atomic E-state index is 3.68. The lowest BCUT2D eigenvalue weighted by atomic mass is 9.97. The highest BCUT2D eigenvalue weighted by Gasteiger charge is 2.14. The largest absolute Gasteiger partial charge is 0.310 e.